The number of ether oxygens (including phenoxy) is 1. The fourth-order valence-corrected chi connectivity index (χ4v) is 2.21. The van der Waals surface area contributed by atoms with Gasteiger partial charge in [0.25, 0.3) is 0 Å². The van der Waals surface area contributed by atoms with Gasteiger partial charge in [-0.25, -0.2) is 0 Å². The van der Waals surface area contributed by atoms with Crippen molar-refractivity contribution in [2.24, 2.45) is 5.92 Å². The Hall–Kier alpha value is -1.02. The maximum absolute atomic E-state index is 5.91. The molecule has 17 heavy (non-hydrogen) atoms. The minimum absolute atomic E-state index is 0.658. The average Bonchev–Trinajstić information content (AvgIpc) is 2.22. The smallest absolute Gasteiger partial charge is 0.125 e. The van der Waals surface area contributed by atoms with Crippen LogP contribution in [0.1, 0.15) is 30.0 Å². The lowest BCUT2D eigenvalue weighted by Crippen LogP contribution is -2.18. The summed E-state index contributed by atoms with van der Waals surface area (Å²) in [6.45, 7) is 10.5. The van der Waals surface area contributed by atoms with E-state index in [2.05, 4.69) is 45.1 Å². The van der Waals surface area contributed by atoms with E-state index < -0.39 is 0 Å². The van der Waals surface area contributed by atoms with Crippen LogP contribution in [0, 0.1) is 26.7 Å². The topological polar surface area (TPSA) is 21.3 Å². The van der Waals surface area contributed by atoms with Gasteiger partial charge in [-0.15, -0.1) is 0 Å². The molecule has 1 atom stereocenters. The van der Waals surface area contributed by atoms with E-state index in [1.165, 1.54) is 16.7 Å². The number of hydrogen-bond acceptors (Lipinski definition) is 2. The monoisotopic (exact) mass is 235 g/mol. The van der Waals surface area contributed by atoms with Crippen molar-refractivity contribution in [1.82, 2.24) is 5.32 Å². The summed E-state index contributed by atoms with van der Waals surface area (Å²) in [6.07, 6.45) is 1.09. The van der Waals surface area contributed by atoms with E-state index in [1.807, 2.05) is 7.05 Å². The number of hydrogen-bond donors (Lipinski definition) is 1. The van der Waals surface area contributed by atoms with Crippen LogP contribution in [0.5, 0.6) is 5.75 Å². The average molecular weight is 235 g/mol. The third-order valence-corrected chi connectivity index (χ3v) is 3.01. The highest BCUT2D eigenvalue weighted by Crippen LogP contribution is 2.24. The molecule has 0 amide bonds. The van der Waals surface area contributed by atoms with E-state index in [4.69, 9.17) is 4.74 Å². The zero-order valence-corrected chi connectivity index (χ0v) is 11.8. The molecule has 0 aliphatic carbocycles. The predicted octanol–water partition coefficient (Wildman–Crippen LogP) is 3.24. The Morgan fingerprint density at radius 1 is 1.18 bits per heavy atom. The highest BCUT2D eigenvalue weighted by molar-refractivity contribution is 5.42. The minimum atomic E-state index is 0.658. The van der Waals surface area contributed by atoms with E-state index >= 15 is 0 Å². The molecule has 0 saturated heterocycles. The molecule has 0 radical (unpaired) electrons. The van der Waals surface area contributed by atoms with Gasteiger partial charge in [0, 0.05) is 0 Å². The van der Waals surface area contributed by atoms with Gasteiger partial charge in [0.15, 0.2) is 0 Å². The van der Waals surface area contributed by atoms with E-state index in [0.29, 0.717) is 5.92 Å². The highest BCUT2D eigenvalue weighted by atomic mass is 16.5. The summed E-state index contributed by atoms with van der Waals surface area (Å²) in [4.78, 5) is 0. The molecule has 0 fully saturated rings. The molecule has 1 unspecified atom stereocenters. The van der Waals surface area contributed by atoms with E-state index in [1.54, 1.807) is 0 Å². The Morgan fingerprint density at radius 3 is 2.29 bits per heavy atom. The Bertz CT molecular complexity index is 337. The van der Waals surface area contributed by atoms with Gasteiger partial charge in [0.05, 0.1) is 6.61 Å². The first-order valence-electron chi connectivity index (χ1n) is 6.39. The van der Waals surface area contributed by atoms with Crippen molar-refractivity contribution in [3.05, 3.63) is 28.8 Å². The molecular weight excluding hydrogens is 210 g/mol. The Balaban J connectivity index is 2.52. The van der Waals surface area contributed by atoms with Crippen molar-refractivity contribution in [2.45, 2.75) is 34.1 Å². The first kappa shape index (κ1) is 14.0. The van der Waals surface area contributed by atoms with Crippen LogP contribution < -0.4 is 10.1 Å². The largest absolute Gasteiger partial charge is 0.493 e. The molecule has 0 aliphatic heterocycles. The number of nitrogens with one attached hydrogen (secondary N) is 1. The molecule has 0 spiro atoms. The second-order valence-electron chi connectivity index (χ2n) is 5.03. The van der Waals surface area contributed by atoms with Crippen molar-refractivity contribution in [3.8, 4) is 5.75 Å². The third kappa shape index (κ3) is 4.39. The number of aryl methyl sites for hydroxylation is 3. The van der Waals surface area contributed by atoms with Gasteiger partial charge in [0.2, 0.25) is 0 Å². The highest BCUT2D eigenvalue weighted by Gasteiger charge is 2.06. The summed E-state index contributed by atoms with van der Waals surface area (Å²) in [6, 6.07) is 4.36. The van der Waals surface area contributed by atoms with Crippen LogP contribution in [-0.4, -0.2) is 20.2 Å². The first-order valence-corrected chi connectivity index (χ1v) is 6.39. The molecule has 0 bridgehead atoms. The Kier molecular flexibility index (Phi) is 5.49. The summed E-state index contributed by atoms with van der Waals surface area (Å²) in [5.74, 6) is 1.72. The van der Waals surface area contributed by atoms with Crippen molar-refractivity contribution >= 4 is 0 Å². The quantitative estimate of drug-likeness (QED) is 0.817. The minimum Gasteiger partial charge on any atom is -0.493 e. The molecule has 0 saturated carbocycles. The summed E-state index contributed by atoms with van der Waals surface area (Å²) in [5.41, 5.74) is 3.78. The third-order valence-electron chi connectivity index (χ3n) is 3.01. The summed E-state index contributed by atoms with van der Waals surface area (Å²) < 4.78 is 5.91. The fraction of sp³-hybridized carbons (Fsp3) is 0.600. The van der Waals surface area contributed by atoms with Gasteiger partial charge in [-0.3, -0.25) is 0 Å². The lowest BCUT2D eigenvalue weighted by molar-refractivity contribution is 0.279. The van der Waals surface area contributed by atoms with Gasteiger partial charge in [-0.1, -0.05) is 24.6 Å². The Labute approximate surface area is 105 Å². The lowest BCUT2D eigenvalue weighted by Gasteiger charge is -2.15. The molecule has 2 nitrogen and oxygen atoms in total. The lowest BCUT2D eigenvalue weighted by atomic mass is 10.1. The van der Waals surface area contributed by atoms with Gasteiger partial charge in [0.1, 0.15) is 5.75 Å². The van der Waals surface area contributed by atoms with Crippen LogP contribution in [0.4, 0.5) is 0 Å². The summed E-state index contributed by atoms with van der Waals surface area (Å²) in [5, 5.41) is 3.19. The molecule has 1 rings (SSSR count). The summed E-state index contributed by atoms with van der Waals surface area (Å²) in [7, 11) is 1.99. The van der Waals surface area contributed by atoms with Gasteiger partial charge in [-0.05, 0) is 57.8 Å². The van der Waals surface area contributed by atoms with Crippen LogP contribution in [-0.2, 0) is 0 Å². The normalized spacial score (nSPS) is 12.5. The number of benzene rings is 1. The van der Waals surface area contributed by atoms with Gasteiger partial charge in [-0.2, -0.15) is 0 Å². The standard InChI is InChI=1S/C15H25NO/c1-11(10-16-5)6-7-17-15-13(3)8-12(2)9-14(15)4/h8-9,11,16H,6-7,10H2,1-5H3. The Morgan fingerprint density at radius 2 is 1.76 bits per heavy atom. The second kappa shape index (κ2) is 6.65. The maximum atomic E-state index is 5.91. The molecule has 0 heterocycles. The second-order valence-corrected chi connectivity index (χ2v) is 5.03. The number of rotatable bonds is 6. The molecule has 1 aromatic rings. The fourth-order valence-electron chi connectivity index (χ4n) is 2.21. The van der Waals surface area contributed by atoms with E-state index in [9.17, 15) is 0 Å². The molecule has 1 aromatic carbocycles. The summed E-state index contributed by atoms with van der Waals surface area (Å²) >= 11 is 0. The SMILES string of the molecule is CNCC(C)CCOc1c(C)cc(C)cc1C. The van der Waals surface area contributed by atoms with Crippen molar-refractivity contribution in [1.29, 1.82) is 0 Å². The van der Waals surface area contributed by atoms with E-state index in [0.717, 1.165) is 25.3 Å². The van der Waals surface area contributed by atoms with Gasteiger partial charge < -0.3 is 10.1 Å². The molecule has 96 valence electrons. The van der Waals surface area contributed by atoms with Crippen LogP contribution in [0.25, 0.3) is 0 Å². The molecule has 1 N–H and O–H groups in total. The van der Waals surface area contributed by atoms with Crippen LogP contribution in [0.3, 0.4) is 0 Å². The maximum Gasteiger partial charge on any atom is 0.125 e. The van der Waals surface area contributed by atoms with Crippen LogP contribution in [0.2, 0.25) is 0 Å². The predicted molar refractivity (Wildman–Crippen MR) is 73.9 cm³/mol. The van der Waals surface area contributed by atoms with Crippen LogP contribution >= 0.6 is 0 Å². The zero-order chi connectivity index (χ0) is 12.8. The molecule has 0 aliphatic rings. The first-order chi connectivity index (χ1) is 8.04. The molecule has 0 aromatic heterocycles. The van der Waals surface area contributed by atoms with Crippen molar-refractivity contribution in [3.63, 3.8) is 0 Å². The van der Waals surface area contributed by atoms with Crippen molar-refractivity contribution in [2.75, 3.05) is 20.2 Å². The molecule has 2 heteroatoms. The van der Waals surface area contributed by atoms with Gasteiger partial charge >= 0.3 is 0 Å². The van der Waals surface area contributed by atoms with Crippen molar-refractivity contribution < 1.29 is 4.74 Å². The van der Waals surface area contributed by atoms with E-state index in [-0.39, 0.29) is 0 Å². The molecular formula is C15H25NO. The van der Waals surface area contributed by atoms with Crippen LogP contribution in [0.15, 0.2) is 12.1 Å². The zero-order valence-electron chi connectivity index (χ0n) is 11.8.